The summed E-state index contributed by atoms with van der Waals surface area (Å²) >= 11 is 0. The zero-order valence-electron chi connectivity index (χ0n) is 9.36. The van der Waals surface area contributed by atoms with Crippen molar-refractivity contribution in [1.29, 1.82) is 0 Å². The van der Waals surface area contributed by atoms with E-state index in [2.05, 4.69) is 0 Å². The maximum absolute atomic E-state index is 11.4. The monoisotopic (exact) mass is 270 g/mol. The van der Waals surface area contributed by atoms with Crippen LogP contribution in [0.3, 0.4) is 0 Å². The van der Waals surface area contributed by atoms with Crippen LogP contribution in [0.4, 0.5) is 0 Å². The van der Waals surface area contributed by atoms with E-state index in [1.54, 1.807) is 0 Å². The van der Waals surface area contributed by atoms with Gasteiger partial charge in [-0.05, 0) is 0 Å². The molecule has 0 unspecified atom stereocenters. The second-order valence-electron chi connectivity index (χ2n) is 3.77. The lowest BCUT2D eigenvalue weighted by Gasteiger charge is -2.25. The first-order chi connectivity index (χ1) is 8.27. The molecule has 0 saturated heterocycles. The minimum Gasteiger partial charge on any atom is -0.394 e. The summed E-state index contributed by atoms with van der Waals surface area (Å²) in [5, 5.41) is 71.9. The highest BCUT2D eigenvalue weighted by molar-refractivity contribution is 5.88. The lowest BCUT2D eigenvalue weighted by molar-refractivity contribution is -0.159. The number of rotatable bonds is 8. The van der Waals surface area contributed by atoms with Crippen molar-refractivity contribution < 1.29 is 45.6 Å². The van der Waals surface area contributed by atoms with Crippen molar-refractivity contribution in [1.82, 2.24) is 0 Å². The highest BCUT2D eigenvalue weighted by Crippen LogP contribution is 2.08. The molecule has 0 radical (unpaired) electrons. The molecule has 9 nitrogen and oxygen atoms in total. The van der Waals surface area contributed by atoms with Gasteiger partial charge in [0.15, 0.2) is 5.78 Å². The fourth-order valence-corrected chi connectivity index (χ4v) is 1.15. The van der Waals surface area contributed by atoms with Crippen LogP contribution in [0.5, 0.6) is 0 Å². The van der Waals surface area contributed by atoms with Crippen LogP contribution in [0.25, 0.3) is 0 Å². The maximum Gasteiger partial charge on any atom is 0.195 e. The molecule has 0 fully saturated rings. The molecule has 0 aliphatic rings. The van der Waals surface area contributed by atoms with Crippen LogP contribution in [-0.4, -0.2) is 96.5 Å². The van der Waals surface area contributed by atoms with Crippen molar-refractivity contribution in [3.8, 4) is 0 Å². The molecule has 0 rings (SSSR count). The first-order valence-corrected chi connectivity index (χ1v) is 5.11. The molecule has 0 aromatic heterocycles. The Labute approximate surface area is 102 Å². The lowest BCUT2D eigenvalue weighted by atomic mass is 9.96. The van der Waals surface area contributed by atoms with E-state index in [-0.39, 0.29) is 0 Å². The van der Waals surface area contributed by atoms with Crippen LogP contribution in [0.15, 0.2) is 0 Å². The van der Waals surface area contributed by atoms with E-state index in [4.69, 9.17) is 20.4 Å². The fourth-order valence-electron chi connectivity index (χ4n) is 1.15. The van der Waals surface area contributed by atoms with Crippen molar-refractivity contribution in [2.75, 3.05) is 13.2 Å². The third-order valence-electron chi connectivity index (χ3n) is 2.39. The lowest BCUT2D eigenvalue weighted by Crippen LogP contribution is -2.52. The van der Waals surface area contributed by atoms with Gasteiger partial charge in [-0.1, -0.05) is 0 Å². The van der Waals surface area contributed by atoms with E-state index in [1.165, 1.54) is 0 Å². The second kappa shape index (κ2) is 7.71. The first kappa shape index (κ1) is 17.4. The van der Waals surface area contributed by atoms with E-state index in [1.807, 2.05) is 0 Å². The van der Waals surface area contributed by atoms with Crippen molar-refractivity contribution >= 4 is 5.78 Å². The van der Waals surface area contributed by atoms with Crippen LogP contribution in [-0.2, 0) is 4.79 Å². The zero-order valence-corrected chi connectivity index (χ0v) is 9.36. The molecule has 6 atom stereocenters. The number of hydrogen-bond donors (Lipinski definition) is 8. The summed E-state index contributed by atoms with van der Waals surface area (Å²) in [6, 6.07) is 0. The van der Waals surface area contributed by atoms with Gasteiger partial charge >= 0.3 is 0 Å². The SMILES string of the molecule is O=C([C@@H](O)[C@H](O)[C@H](O)CO)[C@@H](O)[C@H](O)[C@@H](O)CO. The summed E-state index contributed by atoms with van der Waals surface area (Å²) in [7, 11) is 0. The maximum atomic E-state index is 11.4. The first-order valence-electron chi connectivity index (χ1n) is 5.11. The number of aliphatic hydroxyl groups is 8. The van der Waals surface area contributed by atoms with Gasteiger partial charge in [0.2, 0.25) is 0 Å². The number of hydrogen-bond acceptors (Lipinski definition) is 9. The molecular weight excluding hydrogens is 252 g/mol. The van der Waals surface area contributed by atoms with Crippen LogP contribution in [0.2, 0.25) is 0 Å². The van der Waals surface area contributed by atoms with Crippen LogP contribution >= 0.6 is 0 Å². The second-order valence-corrected chi connectivity index (χ2v) is 3.77. The molecule has 108 valence electrons. The zero-order chi connectivity index (χ0) is 14.5. The topological polar surface area (TPSA) is 179 Å². The predicted molar refractivity (Wildman–Crippen MR) is 55.2 cm³/mol. The van der Waals surface area contributed by atoms with Crippen molar-refractivity contribution in [2.24, 2.45) is 0 Å². The fraction of sp³-hybridized carbons (Fsp3) is 0.889. The molecule has 0 bridgehead atoms. The Balaban J connectivity index is 4.63. The Kier molecular flexibility index (Phi) is 7.43. The minimum atomic E-state index is -2.26. The van der Waals surface area contributed by atoms with Crippen LogP contribution in [0.1, 0.15) is 0 Å². The predicted octanol–water partition coefficient (Wildman–Crippen LogP) is -5.29. The standard InChI is InChI=1S/C9H18O9/c10-1-3(12)5(14)7(16)9(18)8(17)6(15)4(13)2-11/h3-8,10-17H,1-2H2/t3-,4+,5-,6-,7+,8+/m1/s1. The molecule has 0 spiro atoms. The molecule has 0 aromatic rings. The quantitative estimate of drug-likeness (QED) is 0.214. The van der Waals surface area contributed by atoms with Gasteiger partial charge in [-0.15, -0.1) is 0 Å². The molecular formula is C9H18O9. The van der Waals surface area contributed by atoms with Crippen LogP contribution < -0.4 is 0 Å². The molecule has 0 amide bonds. The Morgan fingerprint density at radius 3 is 1.22 bits per heavy atom. The number of carbonyl (C=O) groups is 1. The van der Waals surface area contributed by atoms with Gasteiger partial charge in [0.05, 0.1) is 13.2 Å². The average Bonchev–Trinajstić information content (AvgIpc) is 2.40. The number of aliphatic hydroxyl groups excluding tert-OH is 8. The van der Waals surface area contributed by atoms with E-state index in [0.29, 0.717) is 0 Å². The summed E-state index contributed by atoms with van der Waals surface area (Å²) in [5.74, 6) is -1.46. The summed E-state index contributed by atoms with van der Waals surface area (Å²) < 4.78 is 0. The molecule has 0 aliphatic heterocycles. The van der Waals surface area contributed by atoms with Crippen LogP contribution in [0, 0.1) is 0 Å². The molecule has 9 heteroatoms. The van der Waals surface area contributed by atoms with E-state index < -0.39 is 55.6 Å². The average molecular weight is 270 g/mol. The molecule has 18 heavy (non-hydrogen) atoms. The van der Waals surface area contributed by atoms with E-state index in [0.717, 1.165) is 0 Å². The molecule has 0 aromatic carbocycles. The van der Waals surface area contributed by atoms with Gasteiger partial charge in [0.1, 0.15) is 36.6 Å². The Hall–Kier alpha value is -0.650. The van der Waals surface area contributed by atoms with Gasteiger partial charge in [-0.25, -0.2) is 0 Å². The third-order valence-corrected chi connectivity index (χ3v) is 2.39. The molecule has 8 N–H and O–H groups in total. The van der Waals surface area contributed by atoms with E-state index in [9.17, 15) is 25.2 Å². The van der Waals surface area contributed by atoms with Gasteiger partial charge < -0.3 is 40.9 Å². The Morgan fingerprint density at radius 1 is 0.722 bits per heavy atom. The Bertz CT molecular complexity index is 234. The van der Waals surface area contributed by atoms with Gasteiger partial charge in [-0.3, -0.25) is 4.79 Å². The largest absolute Gasteiger partial charge is 0.394 e. The van der Waals surface area contributed by atoms with Gasteiger partial charge in [0.25, 0.3) is 0 Å². The van der Waals surface area contributed by atoms with Gasteiger partial charge in [0, 0.05) is 0 Å². The summed E-state index contributed by atoms with van der Waals surface area (Å²) in [6.07, 6.45) is -12.3. The summed E-state index contributed by atoms with van der Waals surface area (Å²) in [5.41, 5.74) is 0. The summed E-state index contributed by atoms with van der Waals surface area (Å²) in [4.78, 5) is 11.4. The Morgan fingerprint density at radius 2 is 1.00 bits per heavy atom. The van der Waals surface area contributed by atoms with E-state index >= 15 is 0 Å². The molecule has 0 saturated carbocycles. The summed E-state index contributed by atoms with van der Waals surface area (Å²) in [6.45, 7) is -1.85. The van der Waals surface area contributed by atoms with Crippen molar-refractivity contribution in [2.45, 2.75) is 36.6 Å². The van der Waals surface area contributed by atoms with Crippen molar-refractivity contribution in [3.05, 3.63) is 0 Å². The van der Waals surface area contributed by atoms with Gasteiger partial charge in [-0.2, -0.15) is 0 Å². The highest BCUT2D eigenvalue weighted by Gasteiger charge is 2.38. The number of Topliss-reactive ketones (excluding diaryl/α,β-unsaturated/α-hetero) is 1. The van der Waals surface area contributed by atoms with Crippen molar-refractivity contribution in [3.63, 3.8) is 0 Å². The minimum absolute atomic E-state index is 0.927. The normalized spacial score (nSPS) is 21.8. The third kappa shape index (κ3) is 4.23. The number of ketones is 1. The molecule has 0 heterocycles. The smallest absolute Gasteiger partial charge is 0.195 e. The molecule has 0 aliphatic carbocycles. The highest BCUT2D eigenvalue weighted by atomic mass is 16.4. The number of carbonyl (C=O) groups excluding carboxylic acids is 1.